The molecule has 1 saturated heterocycles. The summed E-state index contributed by atoms with van der Waals surface area (Å²) in [5.74, 6) is 0.0533. The van der Waals surface area contributed by atoms with E-state index in [1.54, 1.807) is 24.3 Å². The maximum atomic E-state index is 13.1. The summed E-state index contributed by atoms with van der Waals surface area (Å²) in [6.45, 7) is 4.88. The van der Waals surface area contributed by atoms with Gasteiger partial charge in [-0.1, -0.05) is 19.9 Å². The van der Waals surface area contributed by atoms with Crippen LogP contribution in [0.5, 0.6) is 11.5 Å². The second kappa shape index (κ2) is 8.85. The third-order valence-corrected chi connectivity index (χ3v) is 6.81. The van der Waals surface area contributed by atoms with E-state index < -0.39 is 18.0 Å². The van der Waals surface area contributed by atoms with Gasteiger partial charge in [0.05, 0.1) is 20.3 Å². The lowest BCUT2D eigenvalue weighted by Gasteiger charge is -2.29. The molecule has 4 amide bonds. The molecule has 0 aliphatic carbocycles. The minimum absolute atomic E-state index is 0.0772. The van der Waals surface area contributed by atoms with Crippen molar-refractivity contribution in [3.05, 3.63) is 52.6 Å². The fourth-order valence-corrected chi connectivity index (χ4v) is 4.87. The number of piperidine rings is 1. The molecule has 0 aromatic heterocycles. The van der Waals surface area contributed by atoms with Crippen molar-refractivity contribution in [2.24, 2.45) is 0 Å². The van der Waals surface area contributed by atoms with E-state index in [4.69, 9.17) is 14.2 Å². The van der Waals surface area contributed by atoms with E-state index in [1.807, 2.05) is 6.07 Å². The first-order valence-electron chi connectivity index (χ1n) is 11.7. The van der Waals surface area contributed by atoms with Crippen LogP contribution < -0.4 is 20.1 Å². The third-order valence-electron chi connectivity index (χ3n) is 6.81. The molecule has 3 aliphatic heterocycles. The number of amides is 4. The molecule has 0 saturated carbocycles. The fourth-order valence-electron chi connectivity index (χ4n) is 4.87. The Morgan fingerprint density at radius 2 is 2.03 bits per heavy atom. The van der Waals surface area contributed by atoms with Gasteiger partial charge in [0.2, 0.25) is 11.8 Å². The molecule has 5 rings (SSSR count). The van der Waals surface area contributed by atoms with E-state index in [9.17, 15) is 19.2 Å². The first-order chi connectivity index (χ1) is 17.2. The lowest BCUT2D eigenvalue weighted by atomic mass is 9.87. The van der Waals surface area contributed by atoms with E-state index in [1.165, 1.54) is 12.0 Å². The zero-order valence-electron chi connectivity index (χ0n) is 20.3. The number of ether oxygens (including phenoxy) is 3. The number of carbonyl (C=O) groups excluding carboxylic acids is 4. The molecule has 1 atom stereocenters. The number of anilines is 1. The SMILES string of the molecule is COc1cc(COC(=O)Nc2ccc3c(c2)OCC3(C)C)cc2c1CN(C1CCC(=O)NC1=O)C2=O. The zero-order chi connectivity index (χ0) is 25.6. The van der Waals surface area contributed by atoms with Crippen LogP contribution in [0.3, 0.4) is 0 Å². The van der Waals surface area contributed by atoms with E-state index >= 15 is 0 Å². The summed E-state index contributed by atoms with van der Waals surface area (Å²) in [5, 5.41) is 4.99. The molecule has 0 bridgehead atoms. The molecule has 3 aliphatic rings. The summed E-state index contributed by atoms with van der Waals surface area (Å²) < 4.78 is 16.6. The van der Waals surface area contributed by atoms with Crippen LogP contribution in [-0.2, 0) is 32.9 Å². The van der Waals surface area contributed by atoms with Gasteiger partial charge in [0, 0.05) is 40.3 Å². The molecule has 0 radical (unpaired) electrons. The zero-order valence-corrected chi connectivity index (χ0v) is 20.3. The summed E-state index contributed by atoms with van der Waals surface area (Å²) >= 11 is 0. The molecule has 1 fully saturated rings. The lowest BCUT2D eigenvalue weighted by molar-refractivity contribution is -0.136. The molecule has 3 heterocycles. The maximum absolute atomic E-state index is 13.1. The molecule has 2 aromatic carbocycles. The van der Waals surface area contributed by atoms with E-state index in [-0.39, 0.29) is 43.2 Å². The molecule has 2 aromatic rings. The van der Waals surface area contributed by atoms with Gasteiger partial charge in [-0.05, 0) is 30.2 Å². The second-order valence-electron chi connectivity index (χ2n) is 9.81. The normalized spacial score (nSPS) is 19.8. The molecule has 36 heavy (non-hydrogen) atoms. The Kier molecular flexibility index (Phi) is 5.82. The summed E-state index contributed by atoms with van der Waals surface area (Å²) in [6, 6.07) is 8.13. The monoisotopic (exact) mass is 493 g/mol. The first kappa shape index (κ1) is 23.7. The average molecular weight is 494 g/mol. The number of imide groups is 1. The fraction of sp³-hybridized carbons (Fsp3) is 0.385. The van der Waals surface area contributed by atoms with Crippen molar-refractivity contribution < 1.29 is 33.4 Å². The predicted octanol–water partition coefficient (Wildman–Crippen LogP) is 2.87. The second-order valence-corrected chi connectivity index (χ2v) is 9.81. The maximum Gasteiger partial charge on any atom is 0.411 e. The number of hydrogen-bond acceptors (Lipinski definition) is 7. The van der Waals surface area contributed by atoms with E-state index in [0.29, 0.717) is 34.7 Å². The molecule has 10 nitrogen and oxygen atoms in total. The van der Waals surface area contributed by atoms with Gasteiger partial charge in [0.15, 0.2) is 0 Å². The van der Waals surface area contributed by atoms with Crippen LogP contribution in [0.15, 0.2) is 30.3 Å². The van der Waals surface area contributed by atoms with Crippen LogP contribution in [0.2, 0.25) is 0 Å². The van der Waals surface area contributed by atoms with Gasteiger partial charge < -0.3 is 19.1 Å². The van der Waals surface area contributed by atoms with E-state index in [0.717, 1.165) is 11.3 Å². The molecule has 10 heteroatoms. The van der Waals surface area contributed by atoms with Crippen LogP contribution in [0, 0.1) is 0 Å². The Morgan fingerprint density at radius 3 is 2.78 bits per heavy atom. The van der Waals surface area contributed by atoms with Gasteiger partial charge >= 0.3 is 6.09 Å². The van der Waals surface area contributed by atoms with Gasteiger partial charge in [-0.15, -0.1) is 0 Å². The quantitative estimate of drug-likeness (QED) is 0.614. The van der Waals surface area contributed by atoms with Crippen molar-refractivity contribution in [2.45, 2.75) is 51.3 Å². The van der Waals surface area contributed by atoms with Gasteiger partial charge in [0.25, 0.3) is 5.91 Å². The number of nitrogens with one attached hydrogen (secondary N) is 2. The van der Waals surface area contributed by atoms with Crippen molar-refractivity contribution in [3.8, 4) is 11.5 Å². The third kappa shape index (κ3) is 4.23. The standard InChI is InChI=1S/C26H27N3O7/c1-26(2)13-36-21-10-15(4-5-18(21)26)27-25(33)35-12-14-8-16-17(20(9-14)34-3)11-29(24(16)32)19-6-7-22(30)28-23(19)31/h4-5,8-10,19H,6-7,11-13H2,1-3H3,(H,27,33)(H,28,30,31). The highest BCUT2D eigenvalue weighted by Crippen LogP contribution is 2.40. The van der Waals surface area contributed by atoms with Gasteiger partial charge in [0.1, 0.15) is 24.1 Å². The van der Waals surface area contributed by atoms with Crippen LogP contribution in [0.1, 0.15) is 53.7 Å². The number of benzene rings is 2. The first-order valence-corrected chi connectivity index (χ1v) is 11.7. The Balaban J connectivity index is 1.26. The molecule has 1 unspecified atom stereocenters. The molecule has 0 spiro atoms. The summed E-state index contributed by atoms with van der Waals surface area (Å²) in [6.07, 6.45) is -0.201. The van der Waals surface area contributed by atoms with Crippen molar-refractivity contribution >= 4 is 29.5 Å². The van der Waals surface area contributed by atoms with Gasteiger partial charge in [-0.2, -0.15) is 0 Å². The van der Waals surface area contributed by atoms with Gasteiger partial charge in [-0.25, -0.2) is 4.79 Å². The predicted molar refractivity (Wildman–Crippen MR) is 128 cm³/mol. The number of fused-ring (bicyclic) bond motifs is 2. The lowest BCUT2D eigenvalue weighted by Crippen LogP contribution is -2.52. The Bertz CT molecular complexity index is 1290. The molecule has 2 N–H and O–H groups in total. The highest BCUT2D eigenvalue weighted by molar-refractivity contribution is 6.05. The highest BCUT2D eigenvalue weighted by Gasteiger charge is 2.40. The number of nitrogens with zero attached hydrogens (tertiary/aromatic N) is 1. The minimum Gasteiger partial charge on any atom is -0.496 e. The van der Waals surface area contributed by atoms with Crippen LogP contribution in [-0.4, -0.2) is 48.5 Å². The highest BCUT2D eigenvalue weighted by atomic mass is 16.5. The average Bonchev–Trinajstić information content (AvgIpc) is 3.33. The molecular weight excluding hydrogens is 466 g/mol. The number of methoxy groups -OCH3 is 1. The number of carbonyl (C=O) groups is 4. The summed E-state index contributed by atoms with van der Waals surface area (Å²) in [7, 11) is 1.49. The van der Waals surface area contributed by atoms with Crippen molar-refractivity contribution in [1.29, 1.82) is 0 Å². The Hall–Kier alpha value is -4.08. The minimum atomic E-state index is -0.723. The smallest absolute Gasteiger partial charge is 0.411 e. The Morgan fingerprint density at radius 1 is 1.22 bits per heavy atom. The van der Waals surface area contributed by atoms with Crippen LogP contribution in [0.25, 0.3) is 0 Å². The van der Waals surface area contributed by atoms with Crippen LogP contribution in [0.4, 0.5) is 10.5 Å². The van der Waals surface area contributed by atoms with Crippen molar-refractivity contribution in [3.63, 3.8) is 0 Å². The number of rotatable bonds is 5. The van der Waals surface area contributed by atoms with Crippen molar-refractivity contribution in [2.75, 3.05) is 19.0 Å². The van der Waals surface area contributed by atoms with Crippen LogP contribution >= 0.6 is 0 Å². The summed E-state index contributed by atoms with van der Waals surface area (Å²) in [4.78, 5) is 50.8. The number of hydrogen-bond donors (Lipinski definition) is 2. The largest absolute Gasteiger partial charge is 0.496 e. The van der Waals surface area contributed by atoms with Crippen molar-refractivity contribution in [1.82, 2.24) is 10.2 Å². The summed E-state index contributed by atoms with van der Waals surface area (Å²) in [5.41, 5.74) is 3.17. The molecular formula is C26H27N3O7. The Labute approximate surface area is 207 Å². The van der Waals surface area contributed by atoms with Gasteiger partial charge in [-0.3, -0.25) is 25.0 Å². The molecule has 188 valence electrons. The topological polar surface area (TPSA) is 123 Å². The van der Waals surface area contributed by atoms with E-state index in [2.05, 4.69) is 24.5 Å².